The molecule has 2 aromatic carbocycles. The molecule has 1 amide bonds. The van der Waals surface area contributed by atoms with Gasteiger partial charge in [-0.05, 0) is 54.7 Å². The monoisotopic (exact) mass is 418 g/mol. The Morgan fingerprint density at radius 3 is 2.66 bits per heavy atom. The fraction of sp³-hybridized carbons (Fsp3) is 0.381. The van der Waals surface area contributed by atoms with Gasteiger partial charge >= 0.3 is 0 Å². The van der Waals surface area contributed by atoms with E-state index in [1.807, 2.05) is 12.1 Å². The molecule has 0 heterocycles. The summed E-state index contributed by atoms with van der Waals surface area (Å²) in [7, 11) is -2.09. The predicted molar refractivity (Wildman–Crippen MR) is 109 cm³/mol. The number of carbonyl (C=O) groups is 1. The van der Waals surface area contributed by atoms with Crippen LogP contribution in [0.25, 0.3) is 0 Å². The molecule has 0 unspecified atom stereocenters. The van der Waals surface area contributed by atoms with Crippen LogP contribution in [0.3, 0.4) is 0 Å². The molecular weight excluding hydrogens is 392 g/mol. The summed E-state index contributed by atoms with van der Waals surface area (Å²) in [6, 6.07) is 14.1. The molecule has 1 aliphatic rings. The summed E-state index contributed by atoms with van der Waals surface area (Å²) in [5.41, 5.74) is 2.45. The summed E-state index contributed by atoms with van der Waals surface area (Å²) in [6.07, 6.45) is 2.98. The number of methoxy groups -OCH3 is 1. The molecule has 0 spiro atoms. The van der Waals surface area contributed by atoms with Crippen LogP contribution in [0.1, 0.15) is 30.0 Å². The summed E-state index contributed by atoms with van der Waals surface area (Å²) in [6.45, 7) is 0.361. The lowest BCUT2D eigenvalue weighted by atomic mass is 9.88. The quantitative estimate of drug-likeness (QED) is 0.609. The summed E-state index contributed by atoms with van der Waals surface area (Å²) in [4.78, 5) is 12.4. The number of carbonyl (C=O) groups excluding carboxylic acids is 1. The van der Waals surface area contributed by atoms with Gasteiger partial charge in [-0.3, -0.25) is 4.79 Å². The van der Waals surface area contributed by atoms with Gasteiger partial charge in [0.25, 0.3) is 5.91 Å². The average Bonchev–Trinajstić information content (AvgIpc) is 2.73. The Hall–Kier alpha value is -2.42. The first-order chi connectivity index (χ1) is 14.0. The molecule has 0 aliphatic heterocycles. The van der Waals surface area contributed by atoms with E-state index in [0.29, 0.717) is 12.4 Å². The Morgan fingerprint density at radius 1 is 1.14 bits per heavy atom. The lowest BCUT2D eigenvalue weighted by Gasteiger charge is -2.26. The van der Waals surface area contributed by atoms with Gasteiger partial charge in [-0.1, -0.05) is 24.3 Å². The highest BCUT2D eigenvalue weighted by atomic mass is 32.2. The van der Waals surface area contributed by atoms with Crippen LogP contribution in [0.2, 0.25) is 0 Å². The number of sulfonamides is 1. The number of hydrogen-bond donors (Lipinski definition) is 2. The molecule has 0 saturated carbocycles. The van der Waals surface area contributed by atoms with Crippen molar-refractivity contribution >= 4 is 15.9 Å². The number of benzene rings is 2. The van der Waals surface area contributed by atoms with Crippen molar-refractivity contribution < 1.29 is 22.7 Å². The number of rotatable bonds is 9. The maximum Gasteiger partial charge on any atom is 0.258 e. The van der Waals surface area contributed by atoms with E-state index in [1.165, 1.54) is 42.5 Å². The summed E-state index contributed by atoms with van der Waals surface area (Å²) >= 11 is 0. The topological polar surface area (TPSA) is 93.7 Å². The van der Waals surface area contributed by atoms with Gasteiger partial charge in [-0.25, -0.2) is 13.1 Å². The average molecular weight is 419 g/mol. The third-order valence-electron chi connectivity index (χ3n) is 4.81. The Bertz CT molecular complexity index is 928. The molecule has 0 fully saturated rings. The first-order valence-electron chi connectivity index (χ1n) is 9.58. The van der Waals surface area contributed by atoms with Crippen molar-refractivity contribution in [1.82, 2.24) is 10.0 Å². The Labute approximate surface area is 171 Å². The van der Waals surface area contributed by atoms with Gasteiger partial charge in [0.2, 0.25) is 10.0 Å². The summed E-state index contributed by atoms with van der Waals surface area (Å²) in [5.74, 6) is 0.227. The molecule has 2 aromatic rings. The minimum atomic E-state index is -3.59. The minimum Gasteiger partial charge on any atom is -0.484 e. The number of aryl methyl sites for hydroxylation is 1. The van der Waals surface area contributed by atoms with Gasteiger partial charge in [0.05, 0.1) is 17.5 Å². The minimum absolute atomic E-state index is 0.00161. The van der Waals surface area contributed by atoms with Crippen molar-refractivity contribution in [1.29, 1.82) is 0 Å². The first kappa shape index (κ1) is 21.3. The molecule has 3 rings (SSSR count). The third kappa shape index (κ3) is 5.79. The van der Waals surface area contributed by atoms with Crippen molar-refractivity contribution in [2.75, 3.05) is 26.9 Å². The fourth-order valence-electron chi connectivity index (χ4n) is 3.37. The Morgan fingerprint density at radius 2 is 1.90 bits per heavy atom. The zero-order chi connectivity index (χ0) is 20.7. The van der Waals surface area contributed by atoms with Crippen LogP contribution in [0.5, 0.6) is 5.75 Å². The van der Waals surface area contributed by atoms with E-state index in [1.54, 1.807) is 0 Å². The van der Waals surface area contributed by atoms with Crippen molar-refractivity contribution in [3.05, 3.63) is 59.7 Å². The Kier molecular flexibility index (Phi) is 7.24. The Balaban J connectivity index is 1.52. The lowest BCUT2D eigenvalue weighted by Crippen LogP contribution is -2.34. The van der Waals surface area contributed by atoms with Gasteiger partial charge < -0.3 is 14.8 Å². The molecule has 0 saturated heterocycles. The highest BCUT2D eigenvalue weighted by Crippen LogP contribution is 2.29. The predicted octanol–water partition coefficient (Wildman–Crippen LogP) is 2.18. The molecule has 2 N–H and O–H groups in total. The number of fused-ring (bicyclic) bond motifs is 1. The SMILES string of the molecule is COCCNS(=O)(=O)c1ccc(OCC(=O)N[C@@H]2CCCc3ccccc32)cc1. The number of hydrogen-bond acceptors (Lipinski definition) is 5. The molecule has 7 nitrogen and oxygen atoms in total. The van der Waals surface area contributed by atoms with Crippen LogP contribution in [0.15, 0.2) is 53.4 Å². The molecule has 29 heavy (non-hydrogen) atoms. The van der Waals surface area contributed by atoms with Crippen LogP contribution in [-0.2, 0) is 26.0 Å². The summed E-state index contributed by atoms with van der Waals surface area (Å²) in [5, 5.41) is 3.03. The zero-order valence-corrected chi connectivity index (χ0v) is 17.2. The molecule has 0 aromatic heterocycles. The van der Waals surface area contributed by atoms with Crippen LogP contribution >= 0.6 is 0 Å². The smallest absolute Gasteiger partial charge is 0.258 e. The maximum atomic E-state index is 12.3. The van der Waals surface area contributed by atoms with Gasteiger partial charge in [0.1, 0.15) is 5.75 Å². The second-order valence-corrected chi connectivity index (χ2v) is 8.63. The van der Waals surface area contributed by atoms with Crippen molar-refractivity contribution in [2.24, 2.45) is 0 Å². The van der Waals surface area contributed by atoms with Crippen molar-refractivity contribution in [3.8, 4) is 5.75 Å². The maximum absolute atomic E-state index is 12.3. The van der Waals surface area contributed by atoms with E-state index in [2.05, 4.69) is 22.2 Å². The van der Waals surface area contributed by atoms with Crippen LogP contribution < -0.4 is 14.8 Å². The van der Waals surface area contributed by atoms with E-state index in [-0.39, 0.29) is 30.0 Å². The highest BCUT2D eigenvalue weighted by Gasteiger charge is 2.21. The molecule has 0 bridgehead atoms. The summed E-state index contributed by atoms with van der Waals surface area (Å²) < 4.78 is 37.1. The number of amides is 1. The first-order valence-corrected chi connectivity index (χ1v) is 11.1. The molecule has 156 valence electrons. The fourth-order valence-corrected chi connectivity index (χ4v) is 4.38. The van der Waals surface area contributed by atoms with Crippen molar-refractivity contribution in [3.63, 3.8) is 0 Å². The van der Waals surface area contributed by atoms with Crippen LogP contribution in [0.4, 0.5) is 0 Å². The van der Waals surface area contributed by atoms with Gasteiger partial charge in [0, 0.05) is 13.7 Å². The van der Waals surface area contributed by atoms with Gasteiger partial charge in [-0.15, -0.1) is 0 Å². The highest BCUT2D eigenvalue weighted by molar-refractivity contribution is 7.89. The molecule has 8 heteroatoms. The molecule has 0 radical (unpaired) electrons. The largest absolute Gasteiger partial charge is 0.484 e. The second-order valence-electron chi connectivity index (χ2n) is 6.86. The van der Waals surface area contributed by atoms with Crippen LogP contribution in [0, 0.1) is 0 Å². The van der Waals surface area contributed by atoms with E-state index in [9.17, 15) is 13.2 Å². The van der Waals surface area contributed by atoms with E-state index >= 15 is 0 Å². The lowest BCUT2D eigenvalue weighted by molar-refractivity contribution is -0.124. The standard InChI is InChI=1S/C21H26N2O5S/c1-27-14-13-22-29(25,26)18-11-9-17(10-12-18)28-15-21(24)23-20-8-4-6-16-5-2-3-7-19(16)20/h2-3,5,7,9-12,20,22H,4,6,8,13-15H2,1H3,(H,23,24)/t20-/m1/s1. The van der Waals surface area contributed by atoms with Crippen molar-refractivity contribution in [2.45, 2.75) is 30.2 Å². The van der Waals surface area contributed by atoms with E-state index < -0.39 is 10.0 Å². The van der Waals surface area contributed by atoms with E-state index in [4.69, 9.17) is 9.47 Å². The van der Waals surface area contributed by atoms with E-state index in [0.717, 1.165) is 19.3 Å². The van der Waals surface area contributed by atoms with Gasteiger partial charge in [-0.2, -0.15) is 0 Å². The second kappa shape index (κ2) is 9.87. The molecule has 1 aliphatic carbocycles. The van der Waals surface area contributed by atoms with Gasteiger partial charge in [0.15, 0.2) is 6.61 Å². The molecule has 1 atom stereocenters. The zero-order valence-electron chi connectivity index (χ0n) is 16.4. The molecular formula is C21H26N2O5S. The number of ether oxygens (including phenoxy) is 2. The number of nitrogens with one attached hydrogen (secondary N) is 2. The van der Waals surface area contributed by atoms with Crippen LogP contribution in [-0.4, -0.2) is 41.2 Å². The third-order valence-corrected chi connectivity index (χ3v) is 6.28. The normalized spacial score (nSPS) is 16.1.